The summed E-state index contributed by atoms with van der Waals surface area (Å²) in [5, 5.41) is 3.25. The van der Waals surface area contributed by atoms with E-state index in [4.69, 9.17) is 11.6 Å². The van der Waals surface area contributed by atoms with Crippen LogP contribution in [0.25, 0.3) is 0 Å². The molecule has 0 bridgehead atoms. The van der Waals surface area contributed by atoms with Gasteiger partial charge in [-0.25, -0.2) is 8.42 Å². The van der Waals surface area contributed by atoms with Crippen molar-refractivity contribution < 1.29 is 13.2 Å². The number of rotatable bonds is 7. The molecule has 0 aliphatic rings. The highest BCUT2D eigenvalue weighted by Gasteiger charge is 2.18. The van der Waals surface area contributed by atoms with Crippen molar-refractivity contribution in [2.45, 2.75) is 19.8 Å². The van der Waals surface area contributed by atoms with Crippen LogP contribution in [0.1, 0.15) is 19.8 Å². The van der Waals surface area contributed by atoms with Gasteiger partial charge in [0, 0.05) is 24.5 Å². The molecule has 0 aliphatic heterocycles. The van der Waals surface area contributed by atoms with Gasteiger partial charge in [0.15, 0.2) is 0 Å². The van der Waals surface area contributed by atoms with Gasteiger partial charge in [-0.3, -0.25) is 9.10 Å². The fourth-order valence-electron chi connectivity index (χ4n) is 1.65. The van der Waals surface area contributed by atoms with Crippen LogP contribution in [0.15, 0.2) is 24.3 Å². The third kappa shape index (κ3) is 5.38. The Morgan fingerprint density at radius 1 is 1.30 bits per heavy atom. The molecule has 0 atom stereocenters. The van der Waals surface area contributed by atoms with Crippen LogP contribution in [0, 0.1) is 0 Å². The van der Waals surface area contributed by atoms with Gasteiger partial charge >= 0.3 is 0 Å². The number of sulfonamides is 1. The molecule has 0 saturated heterocycles. The highest BCUT2D eigenvalue weighted by atomic mass is 35.5. The lowest BCUT2D eigenvalue weighted by Gasteiger charge is -2.22. The lowest BCUT2D eigenvalue weighted by molar-refractivity contribution is -0.120. The topological polar surface area (TPSA) is 66.5 Å². The number of halogens is 1. The Hall–Kier alpha value is -1.27. The molecule has 20 heavy (non-hydrogen) atoms. The largest absolute Gasteiger partial charge is 0.356 e. The first-order valence-electron chi connectivity index (χ1n) is 6.34. The average molecular weight is 319 g/mol. The van der Waals surface area contributed by atoms with Gasteiger partial charge in [0.2, 0.25) is 15.9 Å². The Bertz CT molecular complexity index is 543. The Morgan fingerprint density at radius 2 is 1.90 bits per heavy atom. The van der Waals surface area contributed by atoms with Crippen LogP contribution in [0.5, 0.6) is 0 Å². The molecule has 0 radical (unpaired) electrons. The van der Waals surface area contributed by atoms with E-state index in [0.29, 0.717) is 17.3 Å². The standard InChI is InChI=1S/C13H19ClN2O3S/c1-3-9-15-13(17)8-10-16(20(2,18)19)12-6-4-11(14)5-7-12/h4-7H,3,8-10H2,1-2H3,(H,15,17). The summed E-state index contributed by atoms with van der Waals surface area (Å²) in [6.07, 6.45) is 2.08. The second kappa shape index (κ2) is 7.50. The van der Waals surface area contributed by atoms with E-state index in [0.717, 1.165) is 12.7 Å². The quantitative estimate of drug-likeness (QED) is 0.836. The van der Waals surface area contributed by atoms with E-state index in [9.17, 15) is 13.2 Å². The minimum atomic E-state index is -3.44. The van der Waals surface area contributed by atoms with Crippen molar-refractivity contribution in [3.63, 3.8) is 0 Å². The van der Waals surface area contributed by atoms with Gasteiger partial charge in [0.05, 0.1) is 11.9 Å². The first kappa shape index (κ1) is 16.8. The average Bonchev–Trinajstić information content (AvgIpc) is 2.37. The van der Waals surface area contributed by atoms with Crippen LogP contribution >= 0.6 is 11.6 Å². The van der Waals surface area contributed by atoms with Gasteiger partial charge in [-0.15, -0.1) is 0 Å². The predicted molar refractivity (Wildman–Crippen MR) is 81.6 cm³/mol. The molecule has 0 heterocycles. The predicted octanol–water partition coefficient (Wildman–Crippen LogP) is 2.02. The van der Waals surface area contributed by atoms with Crippen molar-refractivity contribution in [2.75, 3.05) is 23.7 Å². The van der Waals surface area contributed by atoms with Crippen molar-refractivity contribution in [3.8, 4) is 0 Å². The molecule has 1 N–H and O–H groups in total. The maximum atomic E-state index is 11.8. The Kier molecular flexibility index (Phi) is 6.29. The summed E-state index contributed by atoms with van der Waals surface area (Å²) in [5.74, 6) is -0.158. The summed E-state index contributed by atoms with van der Waals surface area (Å²) < 4.78 is 24.8. The molecule has 0 spiro atoms. The van der Waals surface area contributed by atoms with Crippen LogP contribution in [0.3, 0.4) is 0 Å². The van der Waals surface area contributed by atoms with Gasteiger partial charge < -0.3 is 5.32 Å². The number of hydrogen-bond donors (Lipinski definition) is 1. The van der Waals surface area contributed by atoms with E-state index < -0.39 is 10.0 Å². The summed E-state index contributed by atoms with van der Waals surface area (Å²) >= 11 is 5.78. The molecule has 0 unspecified atom stereocenters. The van der Waals surface area contributed by atoms with Gasteiger partial charge in [0.1, 0.15) is 0 Å². The monoisotopic (exact) mass is 318 g/mol. The zero-order chi connectivity index (χ0) is 15.2. The molecular formula is C13H19ClN2O3S. The van der Waals surface area contributed by atoms with Gasteiger partial charge in [-0.05, 0) is 30.7 Å². The molecule has 0 saturated carbocycles. The van der Waals surface area contributed by atoms with Crippen molar-refractivity contribution >= 4 is 33.2 Å². The van der Waals surface area contributed by atoms with E-state index in [1.807, 2.05) is 6.92 Å². The van der Waals surface area contributed by atoms with Crippen LogP contribution in [-0.2, 0) is 14.8 Å². The summed E-state index contributed by atoms with van der Waals surface area (Å²) in [6.45, 7) is 2.66. The number of nitrogens with zero attached hydrogens (tertiary/aromatic N) is 1. The maximum absolute atomic E-state index is 11.8. The van der Waals surface area contributed by atoms with E-state index in [1.54, 1.807) is 24.3 Å². The molecule has 1 aromatic carbocycles. The van der Waals surface area contributed by atoms with E-state index in [2.05, 4.69) is 5.32 Å². The van der Waals surface area contributed by atoms with E-state index >= 15 is 0 Å². The lowest BCUT2D eigenvalue weighted by Crippen LogP contribution is -2.34. The Balaban J connectivity index is 2.77. The van der Waals surface area contributed by atoms with Crippen LogP contribution in [-0.4, -0.2) is 33.7 Å². The molecule has 0 aromatic heterocycles. The highest BCUT2D eigenvalue weighted by molar-refractivity contribution is 7.92. The normalized spacial score (nSPS) is 11.2. The van der Waals surface area contributed by atoms with Crippen LogP contribution in [0.2, 0.25) is 5.02 Å². The number of nitrogens with one attached hydrogen (secondary N) is 1. The Morgan fingerprint density at radius 3 is 2.40 bits per heavy atom. The molecule has 1 amide bonds. The van der Waals surface area contributed by atoms with Crippen LogP contribution in [0.4, 0.5) is 5.69 Å². The molecule has 0 fully saturated rings. The molecular weight excluding hydrogens is 300 g/mol. The number of carbonyl (C=O) groups is 1. The smallest absolute Gasteiger partial charge is 0.232 e. The van der Waals surface area contributed by atoms with Gasteiger partial charge in [0.25, 0.3) is 0 Å². The van der Waals surface area contributed by atoms with Crippen molar-refractivity contribution in [1.29, 1.82) is 0 Å². The molecule has 112 valence electrons. The summed E-state index contributed by atoms with van der Waals surface area (Å²) in [6, 6.07) is 6.47. The first-order chi connectivity index (χ1) is 9.34. The number of carbonyl (C=O) groups excluding carboxylic acids is 1. The number of anilines is 1. The molecule has 7 heteroatoms. The first-order valence-corrected chi connectivity index (χ1v) is 8.57. The fourth-order valence-corrected chi connectivity index (χ4v) is 2.70. The maximum Gasteiger partial charge on any atom is 0.232 e. The number of amides is 1. The SMILES string of the molecule is CCCNC(=O)CCN(c1ccc(Cl)cc1)S(C)(=O)=O. The zero-order valence-corrected chi connectivity index (χ0v) is 13.2. The zero-order valence-electron chi connectivity index (χ0n) is 11.6. The van der Waals surface area contributed by atoms with Crippen molar-refractivity contribution in [2.24, 2.45) is 0 Å². The highest BCUT2D eigenvalue weighted by Crippen LogP contribution is 2.20. The van der Waals surface area contributed by atoms with Crippen LogP contribution < -0.4 is 9.62 Å². The second-order valence-electron chi connectivity index (χ2n) is 4.41. The van der Waals surface area contributed by atoms with E-state index in [-0.39, 0.29) is 18.9 Å². The number of benzene rings is 1. The molecule has 1 rings (SSSR count). The second-order valence-corrected chi connectivity index (χ2v) is 6.75. The minimum absolute atomic E-state index is 0.107. The summed E-state index contributed by atoms with van der Waals surface area (Å²) in [5.41, 5.74) is 0.500. The van der Waals surface area contributed by atoms with Gasteiger partial charge in [-0.2, -0.15) is 0 Å². The molecule has 1 aromatic rings. The summed E-state index contributed by atoms with van der Waals surface area (Å²) in [7, 11) is -3.44. The van der Waals surface area contributed by atoms with Crippen molar-refractivity contribution in [1.82, 2.24) is 5.32 Å². The third-order valence-electron chi connectivity index (χ3n) is 2.63. The summed E-state index contributed by atoms with van der Waals surface area (Å²) in [4.78, 5) is 11.6. The Labute approximate surface area is 125 Å². The van der Waals surface area contributed by atoms with Crippen molar-refractivity contribution in [3.05, 3.63) is 29.3 Å². The fraction of sp³-hybridized carbons (Fsp3) is 0.462. The third-order valence-corrected chi connectivity index (χ3v) is 4.08. The molecule has 0 aliphatic carbocycles. The number of hydrogen-bond acceptors (Lipinski definition) is 3. The van der Waals surface area contributed by atoms with Gasteiger partial charge in [-0.1, -0.05) is 18.5 Å². The van der Waals surface area contributed by atoms with E-state index in [1.165, 1.54) is 4.31 Å². The lowest BCUT2D eigenvalue weighted by atomic mass is 10.3. The molecule has 5 nitrogen and oxygen atoms in total. The minimum Gasteiger partial charge on any atom is -0.356 e.